The minimum absolute atomic E-state index is 0.214. The summed E-state index contributed by atoms with van der Waals surface area (Å²) in [4.78, 5) is 27.0. The first-order chi connectivity index (χ1) is 18.4. The molecular weight excluding hydrogens is 490 g/mol. The van der Waals surface area contributed by atoms with Gasteiger partial charge >= 0.3 is 0 Å². The Kier molecular flexibility index (Phi) is 6.42. The van der Waals surface area contributed by atoms with Crippen LogP contribution in [-0.2, 0) is 0 Å². The van der Waals surface area contributed by atoms with E-state index in [0.717, 1.165) is 5.39 Å². The Morgan fingerprint density at radius 1 is 0.789 bits per heavy atom. The third kappa shape index (κ3) is 3.88. The first kappa shape index (κ1) is 24.8. The Bertz CT molecular complexity index is 1750. The summed E-state index contributed by atoms with van der Waals surface area (Å²) in [5.41, 5.74) is 1.47. The standard InChI is InChI=1S/C29H25NO8/c1-33-16-10-11-18(22(12-16)34-2)29(32)30-15-19(17-8-6-7-9-20(17)30)23-13-21(31)26-24(38-23)14-25(35-3)27(36-4)28(26)37-5/h6-15H,1-5H3. The van der Waals surface area contributed by atoms with Gasteiger partial charge in [0.05, 0.1) is 46.6 Å². The molecule has 0 aliphatic carbocycles. The third-order valence-corrected chi connectivity index (χ3v) is 6.36. The van der Waals surface area contributed by atoms with E-state index in [1.54, 1.807) is 37.6 Å². The molecule has 0 bridgehead atoms. The van der Waals surface area contributed by atoms with Crippen molar-refractivity contribution in [1.82, 2.24) is 4.57 Å². The number of benzene rings is 3. The average molecular weight is 516 g/mol. The molecule has 3 aromatic carbocycles. The minimum atomic E-state index is -0.334. The van der Waals surface area contributed by atoms with Crippen LogP contribution in [0.25, 0.3) is 33.2 Å². The van der Waals surface area contributed by atoms with Gasteiger partial charge in [-0.3, -0.25) is 14.2 Å². The van der Waals surface area contributed by atoms with Crippen molar-refractivity contribution >= 4 is 27.8 Å². The summed E-state index contributed by atoms with van der Waals surface area (Å²) in [6.45, 7) is 0. The minimum Gasteiger partial charge on any atom is -0.497 e. The summed E-state index contributed by atoms with van der Waals surface area (Å²) in [5, 5.41) is 0.944. The van der Waals surface area contributed by atoms with E-state index in [-0.39, 0.29) is 39.6 Å². The summed E-state index contributed by atoms with van der Waals surface area (Å²) in [6, 6.07) is 15.3. The normalized spacial score (nSPS) is 11.0. The van der Waals surface area contributed by atoms with Crippen LogP contribution in [0.1, 0.15) is 10.4 Å². The summed E-state index contributed by atoms with van der Waals surface area (Å²) < 4.78 is 34.7. The lowest BCUT2D eigenvalue weighted by molar-refractivity contribution is 0.0962. The molecule has 2 aromatic heterocycles. The van der Waals surface area contributed by atoms with Crippen LogP contribution < -0.4 is 29.1 Å². The second-order valence-electron chi connectivity index (χ2n) is 8.29. The maximum absolute atomic E-state index is 13.7. The molecule has 0 saturated heterocycles. The van der Waals surface area contributed by atoms with Crippen LogP contribution in [-0.4, -0.2) is 46.0 Å². The van der Waals surface area contributed by atoms with E-state index >= 15 is 0 Å². The Hall–Kier alpha value is -4.92. The van der Waals surface area contributed by atoms with Crippen molar-refractivity contribution < 1.29 is 32.9 Å². The molecule has 2 heterocycles. The third-order valence-electron chi connectivity index (χ3n) is 6.36. The molecule has 5 rings (SSSR count). The monoisotopic (exact) mass is 515 g/mol. The zero-order valence-corrected chi connectivity index (χ0v) is 21.5. The first-order valence-corrected chi connectivity index (χ1v) is 11.6. The molecule has 0 unspecified atom stereocenters. The van der Waals surface area contributed by atoms with E-state index in [1.165, 1.54) is 39.1 Å². The van der Waals surface area contributed by atoms with Gasteiger partial charge in [-0.05, 0) is 18.2 Å². The highest BCUT2D eigenvalue weighted by Gasteiger charge is 2.24. The van der Waals surface area contributed by atoms with Crippen molar-refractivity contribution in [2.75, 3.05) is 35.5 Å². The van der Waals surface area contributed by atoms with Crippen LogP contribution in [0.2, 0.25) is 0 Å². The molecule has 5 aromatic rings. The van der Waals surface area contributed by atoms with Gasteiger partial charge in [-0.1, -0.05) is 18.2 Å². The molecule has 0 fully saturated rings. The number of ether oxygens (including phenoxy) is 5. The topological polar surface area (TPSA) is 98.4 Å². The second-order valence-corrected chi connectivity index (χ2v) is 8.29. The highest BCUT2D eigenvalue weighted by Crippen LogP contribution is 2.43. The van der Waals surface area contributed by atoms with Crippen molar-refractivity contribution in [1.29, 1.82) is 0 Å². The van der Waals surface area contributed by atoms with E-state index in [4.69, 9.17) is 28.1 Å². The lowest BCUT2D eigenvalue weighted by Gasteiger charge is -2.14. The number of para-hydroxylation sites is 1. The number of carbonyl (C=O) groups is 1. The van der Waals surface area contributed by atoms with Gasteiger partial charge in [0.1, 0.15) is 28.2 Å². The Morgan fingerprint density at radius 2 is 1.53 bits per heavy atom. The summed E-state index contributed by atoms with van der Waals surface area (Å²) in [5.74, 6) is 1.76. The molecule has 0 radical (unpaired) electrons. The van der Waals surface area contributed by atoms with Gasteiger partial charge in [0.15, 0.2) is 16.9 Å². The molecule has 194 valence electrons. The lowest BCUT2D eigenvalue weighted by atomic mass is 10.1. The number of rotatable bonds is 7. The maximum Gasteiger partial charge on any atom is 0.266 e. The lowest BCUT2D eigenvalue weighted by Crippen LogP contribution is -2.12. The molecule has 9 heteroatoms. The smallest absolute Gasteiger partial charge is 0.266 e. The Labute approximate surface area is 217 Å². The van der Waals surface area contributed by atoms with Gasteiger partial charge in [-0.15, -0.1) is 0 Å². The van der Waals surface area contributed by atoms with Crippen LogP contribution in [0.5, 0.6) is 28.7 Å². The predicted molar refractivity (Wildman–Crippen MR) is 142 cm³/mol. The molecule has 0 atom stereocenters. The molecule has 0 amide bonds. The summed E-state index contributed by atoms with van der Waals surface area (Å²) in [7, 11) is 7.42. The van der Waals surface area contributed by atoms with E-state index in [2.05, 4.69) is 0 Å². The predicted octanol–water partition coefficient (Wildman–Crippen LogP) is 5.15. The van der Waals surface area contributed by atoms with Crippen molar-refractivity contribution in [3.05, 3.63) is 76.6 Å². The molecular formula is C29H25NO8. The van der Waals surface area contributed by atoms with Crippen LogP contribution >= 0.6 is 0 Å². The zero-order chi connectivity index (χ0) is 27.0. The van der Waals surface area contributed by atoms with Crippen molar-refractivity contribution in [2.24, 2.45) is 0 Å². The van der Waals surface area contributed by atoms with Gasteiger partial charge in [-0.2, -0.15) is 0 Å². The van der Waals surface area contributed by atoms with Crippen molar-refractivity contribution in [2.45, 2.75) is 0 Å². The summed E-state index contributed by atoms with van der Waals surface area (Å²) in [6.07, 6.45) is 1.65. The molecule has 0 saturated carbocycles. The molecule has 0 N–H and O–H groups in total. The average Bonchev–Trinajstić information content (AvgIpc) is 3.34. The fraction of sp³-hybridized carbons (Fsp3) is 0.172. The number of methoxy groups -OCH3 is 5. The number of nitrogens with zero attached hydrogens (tertiary/aromatic N) is 1. The highest BCUT2D eigenvalue weighted by molar-refractivity contribution is 6.07. The number of hydrogen-bond acceptors (Lipinski definition) is 8. The van der Waals surface area contributed by atoms with E-state index in [9.17, 15) is 9.59 Å². The Morgan fingerprint density at radius 3 is 2.21 bits per heavy atom. The molecule has 0 spiro atoms. The largest absolute Gasteiger partial charge is 0.497 e. The van der Waals surface area contributed by atoms with Crippen molar-refractivity contribution in [3.8, 4) is 40.1 Å². The first-order valence-electron chi connectivity index (χ1n) is 11.6. The Balaban J connectivity index is 1.73. The second kappa shape index (κ2) is 9.85. The van der Waals surface area contributed by atoms with E-state index in [1.807, 2.05) is 24.3 Å². The van der Waals surface area contributed by atoms with Gasteiger partial charge < -0.3 is 28.1 Å². The number of carbonyl (C=O) groups excluding carboxylic acids is 1. The quantitative estimate of drug-likeness (QED) is 0.294. The fourth-order valence-electron chi connectivity index (χ4n) is 4.57. The van der Waals surface area contributed by atoms with Crippen LogP contribution in [0.3, 0.4) is 0 Å². The van der Waals surface area contributed by atoms with Gasteiger partial charge in [-0.25, -0.2) is 0 Å². The fourth-order valence-corrected chi connectivity index (χ4v) is 4.57. The van der Waals surface area contributed by atoms with Crippen LogP contribution in [0.4, 0.5) is 0 Å². The van der Waals surface area contributed by atoms with Crippen LogP contribution in [0.15, 0.2) is 70.0 Å². The number of hydrogen-bond donors (Lipinski definition) is 0. The van der Waals surface area contributed by atoms with Gasteiger partial charge in [0.2, 0.25) is 5.75 Å². The molecule has 0 aliphatic heterocycles. The van der Waals surface area contributed by atoms with Crippen LogP contribution in [0, 0.1) is 0 Å². The summed E-state index contributed by atoms with van der Waals surface area (Å²) >= 11 is 0. The maximum atomic E-state index is 13.7. The number of fused-ring (bicyclic) bond motifs is 2. The molecule has 0 aliphatic rings. The molecule has 38 heavy (non-hydrogen) atoms. The highest BCUT2D eigenvalue weighted by atomic mass is 16.5. The van der Waals surface area contributed by atoms with Crippen molar-refractivity contribution in [3.63, 3.8) is 0 Å². The van der Waals surface area contributed by atoms with E-state index < -0.39 is 0 Å². The van der Waals surface area contributed by atoms with Gasteiger partial charge in [0.25, 0.3) is 5.91 Å². The number of aromatic nitrogens is 1. The SMILES string of the molecule is COc1ccc(C(=O)n2cc(-c3cc(=O)c4c(OC)c(OC)c(OC)cc4o3)c3ccccc32)c(OC)c1. The molecule has 9 nitrogen and oxygen atoms in total. The zero-order valence-electron chi connectivity index (χ0n) is 21.5. The van der Waals surface area contributed by atoms with E-state index in [0.29, 0.717) is 33.9 Å². The van der Waals surface area contributed by atoms with Gasteiger partial charge in [0, 0.05) is 35.3 Å².